The standard InChI is InChI=1S/C13H17ClFNS/c1-17-13(5-2-6-13)9-16-8-10-3-4-11(14)7-12(10)15/h3-4,7,16H,2,5-6,8-9H2,1H3. The summed E-state index contributed by atoms with van der Waals surface area (Å²) in [6, 6.07) is 4.85. The molecule has 1 nitrogen and oxygen atoms in total. The van der Waals surface area contributed by atoms with Gasteiger partial charge in [-0.15, -0.1) is 0 Å². The molecule has 1 aromatic rings. The SMILES string of the molecule is CSC1(CNCc2ccc(Cl)cc2F)CCC1. The lowest BCUT2D eigenvalue weighted by Crippen LogP contribution is -2.43. The molecule has 1 aliphatic carbocycles. The van der Waals surface area contributed by atoms with Gasteiger partial charge in [0.05, 0.1) is 0 Å². The van der Waals surface area contributed by atoms with Crippen LogP contribution in [0.3, 0.4) is 0 Å². The first-order chi connectivity index (χ1) is 8.15. The second-order valence-corrected chi connectivity index (χ2v) is 6.29. The van der Waals surface area contributed by atoms with E-state index in [4.69, 9.17) is 11.6 Å². The van der Waals surface area contributed by atoms with E-state index in [9.17, 15) is 4.39 Å². The molecule has 94 valence electrons. The smallest absolute Gasteiger partial charge is 0.129 e. The lowest BCUT2D eigenvalue weighted by molar-refractivity contribution is 0.344. The zero-order chi connectivity index (χ0) is 12.3. The minimum Gasteiger partial charge on any atom is -0.311 e. The van der Waals surface area contributed by atoms with Gasteiger partial charge in [0, 0.05) is 28.4 Å². The van der Waals surface area contributed by atoms with Gasteiger partial charge in [-0.3, -0.25) is 0 Å². The summed E-state index contributed by atoms with van der Waals surface area (Å²) in [4.78, 5) is 0. The van der Waals surface area contributed by atoms with Crippen molar-refractivity contribution >= 4 is 23.4 Å². The molecule has 4 heteroatoms. The maximum atomic E-state index is 13.5. The van der Waals surface area contributed by atoms with Crippen molar-refractivity contribution in [1.29, 1.82) is 0 Å². The minimum atomic E-state index is -0.225. The molecule has 0 amide bonds. The van der Waals surface area contributed by atoms with Gasteiger partial charge in [-0.1, -0.05) is 24.1 Å². The Kier molecular flexibility index (Phi) is 4.34. The Hall–Kier alpha value is -0.250. The fourth-order valence-corrected chi connectivity index (χ4v) is 3.22. The van der Waals surface area contributed by atoms with Crippen LogP contribution in [0, 0.1) is 5.82 Å². The van der Waals surface area contributed by atoms with Crippen LogP contribution >= 0.6 is 23.4 Å². The number of benzene rings is 1. The molecular weight excluding hydrogens is 257 g/mol. The Morgan fingerprint density at radius 3 is 2.76 bits per heavy atom. The second kappa shape index (κ2) is 5.59. The maximum Gasteiger partial charge on any atom is 0.129 e. The lowest BCUT2D eigenvalue weighted by Gasteiger charge is -2.40. The Balaban J connectivity index is 1.85. The molecule has 1 fully saturated rings. The van der Waals surface area contributed by atoms with Crippen molar-refractivity contribution in [2.24, 2.45) is 0 Å². The van der Waals surface area contributed by atoms with Crippen LogP contribution in [-0.2, 0) is 6.54 Å². The topological polar surface area (TPSA) is 12.0 Å². The van der Waals surface area contributed by atoms with Crippen molar-refractivity contribution in [2.75, 3.05) is 12.8 Å². The summed E-state index contributed by atoms with van der Waals surface area (Å²) >= 11 is 7.64. The molecule has 1 saturated carbocycles. The summed E-state index contributed by atoms with van der Waals surface area (Å²) in [5.41, 5.74) is 0.685. The van der Waals surface area contributed by atoms with E-state index in [2.05, 4.69) is 11.6 Å². The normalized spacial score (nSPS) is 17.8. The molecule has 1 N–H and O–H groups in total. The number of thioether (sulfide) groups is 1. The average Bonchev–Trinajstić information content (AvgIpc) is 2.25. The van der Waals surface area contributed by atoms with E-state index in [0.717, 1.165) is 6.54 Å². The molecule has 17 heavy (non-hydrogen) atoms. The van der Waals surface area contributed by atoms with Gasteiger partial charge in [0.25, 0.3) is 0 Å². The van der Waals surface area contributed by atoms with Gasteiger partial charge in [-0.25, -0.2) is 4.39 Å². The van der Waals surface area contributed by atoms with Crippen molar-refractivity contribution in [2.45, 2.75) is 30.6 Å². The van der Waals surface area contributed by atoms with E-state index < -0.39 is 0 Å². The molecule has 0 radical (unpaired) electrons. The number of rotatable bonds is 5. The quantitative estimate of drug-likeness (QED) is 0.874. The Morgan fingerprint density at radius 2 is 2.24 bits per heavy atom. The number of halogens is 2. The number of nitrogens with one attached hydrogen (secondary N) is 1. The third-order valence-corrected chi connectivity index (χ3v) is 5.13. The van der Waals surface area contributed by atoms with E-state index in [0.29, 0.717) is 21.9 Å². The van der Waals surface area contributed by atoms with Crippen LogP contribution in [0.1, 0.15) is 24.8 Å². The first-order valence-electron chi connectivity index (χ1n) is 5.85. The second-order valence-electron chi connectivity index (χ2n) is 4.58. The van der Waals surface area contributed by atoms with Gasteiger partial charge >= 0.3 is 0 Å². The van der Waals surface area contributed by atoms with Crippen LogP contribution in [0.4, 0.5) is 4.39 Å². The van der Waals surface area contributed by atoms with Gasteiger partial charge in [-0.05, 0) is 31.2 Å². The Bertz CT molecular complexity index is 387. The van der Waals surface area contributed by atoms with Gasteiger partial charge in [-0.2, -0.15) is 11.8 Å². The summed E-state index contributed by atoms with van der Waals surface area (Å²) < 4.78 is 13.9. The van der Waals surface area contributed by atoms with Crippen molar-refractivity contribution in [3.63, 3.8) is 0 Å². The molecule has 0 aliphatic heterocycles. The summed E-state index contributed by atoms with van der Waals surface area (Å²) in [5, 5.41) is 3.80. The predicted molar refractivity (Wildman–Crippen MR) is 73.2 cm³/mol. The van der Waals surface area contributed by atoms with Crippen LogP contribution in [0.15, 0.2) is 18.2 Å². The van der Waals surface area contributed by atoms with E-state index in [1.54, 1.807) is 12.1 Å². The summed E-state index contributed by atoms with van der Waals surface area (Å²) in [6.45, 7) is 1.53. The van der Waals surface area contributed by atoms with E-state index in [-0.39, 0.29) is 5.82 Å². The largest absolute Gasteiger partial charge is 0.311 e. The zero-order valence-electron chi connectivity index (χ0n) is 9.93. The van der Waals surface area contributed by atoms with Crippen LogP contribution in [0.5, 0.6) is 0 Å². The highest BCUT2D eigenvalue weighted by Gasteiger charge is 2.35. The Labute approximate surface area is 111 Å². The number of hydrogen-bond donors (Lipinski definition) is 1. The van der Waals surface area contributed by atoms with Crippen LogP contribution in [-0.4, -0.2) is 17.5 Å². The Morgan fingerprint density at radius 1 is 1.47 bits per heavy atom. The lowest BCUT2D eigenvalue weighted by atomic mass is 9.84. The third kappa shape index (κ3) is 3.15. The summed E-state index contributed by atoms with van der Waals surface area (Å²) in [5.74, 6) is -0.225. The molecule has 0 heterocycles. The molecule has 0 saturated heterocycles. The predicted octanol–water partition coefficient (Wildman–Crippen LogP) is 3.85. The fourth-order valence-electron chi connectivity index (χ4n) is 2.11. The summed E-state index contributed by atoms with van der Waals surface area (Å²) in [7, 11) is 0. The highest BCUT2D eigenvalue weighted by molar-refractivity contribution is 8.00. The number of hydrogen-bond acceptors (Lipinski definition) is 2. The van der Waals surface area contributed by atoms with E-state index in [1.165, 1.54) is 25.3 Å². The molecule has 0 spiro atoms. The van der Waals surface area contributed by atoms with Crippen molar-refractivity contribution < 1.29 is 4.39 Å². The zero-order valence-corrected chi connectivity index (χ0v) is 11.5. The van der Waals surface area contributed by atoms with E-state index in [1.807, 2.05) is 11.8 Å². The monoisotopic (exact) mass is 273 g/mol. The average molecular weight is 274 g/mol. The van der Waals surface area contributed by atoms with Crippen molar-refractivity contribution in [3.05, 3.63) is 34.6 Å². The van der Waals surface area contributed by atoms with Gasteiger partial charge < -0.3 is 5.32 Å². The molecule has 1 aliphatic rings. The molecule has 1 aromatic carbocycles. The summed E-state index contributed by atoms with van der Waals surface area (Å²) in [6.07, 6.45) is 6.01. The van der Waals surface area contributed by atoms with Crippen molar-refractivity contribution in [1.82, 2.24) is 5.32 Å². The molecule has 2 rings (SSSR count). The van der Waals surface area contributed by atoms with Crippen molar-refractivity contribution in [3.8, 4) is 0 Å². The van der Waals surface area contributed by atoms with Crippen LogP contribution in [0.25, 0.3) is 0 Å². The minimum absolute atomic E-state index is 0.225. The van der Waals surface area contributed by atoms with Gasteiger partial charge in [0.2, 0.25) is 0 Å². The third-order valence-electron chi connectivity index (χ3n) is 3.48. The van der Waals surface area contributed by atoms with Gasteiger partial charge in [0.15, 0.2) is 0 Å². The van der Waals surface area contributed by atoms with Crippen LogP contribution in [0.2, 0.25) is 5.02 Å². The first-order valence-corrected chi connectivity index (χ1v) is 7.45. The first kappa shape index (κ1) is 13.2. The van der Waals surface area contributed by atoms with Gasteiger partial charge in [0.1, 0.15) is 5.82 Å². The van der Waals surface area contributed by atoms with Crippen LogP contribution < -0.4 is 5.32 Å². The molecule has 0 unspecified atom stereocenters. The molecule has 0 atom stereocenters. The fraction of sp³-hybridized carbons (Fsp3) is 0.538. The maximum absolute atomic E-state index is 13.5. The highest BCUT2D eigenvalue weighted by Crippen LogP contribution is 2.42. The molecular formula is C13H17ClFNS. The molecule has 0 bridgehead atoms. The van der Waals surface area contributed by atoms with E-state index >= 15 is 0 Å². The molecule has 0 aromatic heterocycles. The highest BCUT2D eigenvalue weighted by atomic mass is 35.5.